The van der Waals surface area contributed by atoms with Crippen LogP contribution in [0, 0.1) is 6.92 Å². The summed E-state index contributed by atoms with van der Waals surface area (Å²) in [6, 6.07) is 12.4. The van der Waals surface area contributed by atoms with Crippen LogP contribution in [0.2, 0.25) is 0 Å². The number of rotatable bonds is 3. The third-order valence-corrected chi connectivity index (χ3v) is 4.26. The summed E-state index contributed by atoms with van der Waals surface area (Å²) in [5.74, 6) is -1.32. The van der Waals surface area contributed by atoms with E-state index in [2.05, 4.69) is 0 Å². The Bertz CT molecular complexity index is 782. The van der Waals surface area contributed by atoms with E-state index in [4.69, 9.17) is 0 Å². The van der Waals surface area contributed by atoms with Gasteiger partial charge in [-0.2, -0.15) is 0 Å². The molecule has 1 atom stereocenters. The van der Waals surface area contributed by atoms with Crippen LogP contribution < -0.4 is 0 Å². The first-order chi connectivity index (χ1) is 11.4. The van der Waals surface area contributed by atoms with E-state index in [-0.39, 0.29) is 18.0 Å². The van der Waals surface area contributed by atoms with Gasteiger partial charge in [-0.25, -0.2) is 4.79 Å². The molecule has 1 heterocycles. The van der Waals surface area contributed by atoms with Crippen LogP contribution >= 0.6 is 0 Å². The van der Waals surface area contributed by atoms with E-state index in [0.717, 1.165) is 11.1 Å². The van der Waals surface area contributed by atoms with E-state index in [1.807, 2.05) is 31.2 Å². The van der Waals surface area contributed by atoms with Gasteiger partial charge in [0.1, 0.15) is 0 Å². The van der Waals surface area contributed by atoms with Crippen molar-refractivity contribution in [1.29, 1.82) is 0 Å². The number of aliphatic hydroxyl groups is 1. The average molecular weight is 325 g/mol. The zero-order valence-electron chi connectivity index (χ0n) is 13.4. The Labute approximate surface area is 140 Å². The van der Waals surface area contributed by atoms with Gasteiger partial charge >= 0.3 is 5.97 Å². The molecule has 0 radical (unpaired) electrons. The highest BCUT2D eigenvalue weighted by atomic mass is 16.4. The van der Waals surface area contributed by atoms with Gasteiger partial charge in [0.25, 0.3) is 5.91 Å². The normalized spacial score (nSPS) is 17.1. The van der Waals surface area contributed by atoms with Crippen LogP contribution in [0.15, 0.2) is 42.5 Å². The number of hydrogen-bond acceptors (Lipinski definition) is 3. The lowest BCUT2D eigenvalue weighted by Gasteiger charge is -2.16. The molecule has 1 fully saturated rings. The van der Waals surface area contributed by atoms with E-state index in [0.29, 0.717) is 24.1 Å². The van der Waals surface area contributed by atoms with Crippen LogP contribution in [0.4, 0.5) is 0 Å². The molecule has 1 amide bonds. The van der Waals surface area contributed by atoms with Gasteiger partial charge in [0, 0.05) is 18.7 Å². The van der Waals surface area contributed by atoms with Crippen molar-refractivity contribution in [2.45, 2.75) is 19.4 Å². The van der Waals surface area contributed by atoms with Crippen molar-refractivity contribution in [3.63, 3.8) is 0 Å². The lowest BCUT2D eigenvalue weighted by Crippen LogP contribution is -2.29. The quantitative estimate of drug-likeness (QED) is 0.909. The minimum atomic E-state index is -1.07. The van der Waals surface area contributed by atoms with E-state index in [9.17, 15) is 19.8 Å². The highest BCUT2D eigenvalue weighted by Crippen LogP contribution is 2.25. The highest BCUT2D eigenvalue weighted by Gasteiger charge is 2.26. The van der Waals surface area contributed by atoms with E-state index in [1.165, 1.54) is 6.07 Å². The molecule has 2 aromatic rings. The highest BCUT2D eigenvalue weighted by molar-refractivity contribution is 5.99. The van der Waals surface area contributed by atoms with Crippen molar-refractivity contribution >= 4 is 11.9 Å². The Balaban J connectivity index is 2.01. The predicted octanol–water partition coefficient (Wildman–Crippen LogP) is 2.57. The van der Waals surface area contributed by atoms with Gasteiger partial charge in [-0.3, -0.25) is 4.79 Å². The molecular weight excluding hydrogens is 306 g/mol. The number of aryl methyl sites for hydroxylation is 1. The third kappa shape index (κ3) is 3.31. The molecular formula is C19H19NO4. The maximum Gasteiger partial charge on any atom is 0.335 e. The van der Waals surface area contributed by atoms with Crippen molar-refractivity contribution in [2.75, 3.05) is 13.1 Å². The number of aliphatic hydroxyl groups excluding tert-OH is 1. The number of carboxylic acid groups (broad SMARTS) is 1. The minimum absolute atomic E-state index is 0.0798. The molecule has 3 rings (SSSR count). The summed E-state index contributed by atoms with van der Waals surface area (Å²) in [5.41, 5.74) is 3.07. The fourth-order valence-corrected chi connectivity index (χ4v) is 2.90. The average Bonchev–Trinajstić information content (AvgIpc) is 3.01. The number of carbonyl (C=O) groups is 2. The smallest absolute Gasteiger partial charge is 0.335 e. The van der Waals surface area contributed by atoms with Gasteiger partial charge in [-0.15, -0.1) is 0 Å². The van der Waals surface area contributed by atoms with Gasteiger partial charge in [0.15, 0.2) is 0 Å². The summed E-state index contributed by atoms with van der Waals surface area (Å²) in [6.07, 6.45) is 0.0445. The summed E-state index contributed by atoms with van der Waals surface area (Å²) in [6.45, 7) is 2.75. The van der Waals surface area contributed by atoms with E-state index in [1.54, 1.807) is 17.0 Å². The van der Waals surface area contributed by atoms with Gasteiger partial charge < -0.3 is 15.1 Å². The second-order valence-corrected chi connectivity index (χ2v) is 6.16. The topological polar surface area (TPSA) is 77.8 Å². The molecule has 2 N–H and O–H groups in total. The molecule has 24 heavy (non-hydrogen) atoms. The number of aromatic carboxylic acids is 1. The Morgan fingerprint density at radius 1 is 1.04 bits per heavy atom. The van der Waals surface area contributed by atoms with Crippen molar-refractivity contribution in [2.24, 2.45) is 0 Å². The molecule has 0 aromatic heterocycles. The maximum atomic E-state index is 12.6. The molecule has 1 unspecified atom stereocenters. The summed E-state index contributed by atoms with van der Waals surface area (Å²) >= 11 is 0. The van der Waals surface area contributed by atoms with Gasteiger partial charge in [-0.05, 0) is 42.7 Å². The van der Waals surface area contributed by atoms with Gasteiger partial charge in [0.05, 0.1) is 11.7 Å². The Kier molecular flexibility index (Phi) is 4.36. The number of nitrogens with zero attached hydrogens (tertiary/aromatic N) is 1. The zero-order chi connectivity index (χ0) is 17.3. The maximum absolute atomic E-state index is 12.6. The fraction of sp³-hybridized carbons (Fsp3) is 0.263. The second kappa shape index (κ2) is 6.45. The lowest BCUT2D eigenvalue weighted by molar-refractivity contribution is 0.0697. The number of carbonyl (C=O) groups excluding carboxylic acids is 1. The lowest BCUT2D eigenvalue weighted by atomic mass is 9.98. The molecule has 0 aliphatic carbocycles. The number of amides is 1. The Morgan fingerprint density at radius 2 is 1.71 bits per heavy atom. The number of hydrogen-bond donors (Lipinski definition) is 2. The van der Waals surface area contributed by atoms with Crippen LogP contribution in [0.1, 0.15) is 32.7 Å². The molecule has 1 saturated heterocycles. The van der Waals surface area contributed by atoms with E-state index >= 15 is 0 Å². The van der Waals surface area contributed by atoms with Crippen LogP contribution in [0.5, 0.6) is 0 Å². The predicted molar refractivity (Wildman–Crippen MR) is 90.1 cm³/mol. The Hall–Kier alpha value is -2.66. The summed E-state index contributed by atoms with van der Waals surface area (Å²) in [5, 5.41) is 19.0. The van der Waals surface area contributed by atoms with Crippen molar-refractivity contribution in [1.82, 2.24) is 4.90 Å². The van der Waals surface area contributed by atoms with Crippen LogP contribution in [0.25, 0.3) is 11.1 Å². The molecule has 0 spiro atoms. The van der Waals surface area contributed by atoms with Crippen LogP contribution in [-0.4, -0.2) is 46.2 Å². The molecule has 5 nitrogen and oxygen atoms in total. The summed E-state index contributed by atoms with van der Waals surface area (Å²) in [7, 11) is 0. The molecule has 1 aliphatic rings. The molecule has 124 valence electrons. The zero-order valence-corrected chi connectivity index (χ0v) is 13.4. The van der Waals surface area contributed by atoms with Crippen LogP contribution in [-0.2, 0) is 0 Å². The van der Waals surface area contributed by atoms with E-state index < -0.39 is 12.1 Å². The molecule has 2 aromatic carbocycles. The number of likely N-dealkylation sites (tertiary alicyclic amines) is 1. The second-order valence-electron chi connectivity index (χ2n) is 6.16. The van der Waals surface area contributed by atoms with Crippen molar-refractivity contribution < 1.29 is 19.8 Å². The first kappa shape index (κ1) is 16.2. The minimum Gasteiger partial charge on any atom is -0.478 e. The standard InChI is InChI=1S/C19H19NO4/c1-12-2-4-13(5-3-12)14-8-15(10-16(9-14)19(23)24)18(22)20-7-6-17(21)11-20/h2-5,8-10,17,21H,6-7,11H2,1H3,(H,23,24). The summed E-state index contributed by atoms with van der Waals surface area (Å²) < 4.78 is 0. The van der Waals surface area contributed by atoms with Crippen LogP contribution in [0.3, 0.4) is 0 Å². The molecule has 0 saturated carbocycles. The number of β-amino-alcohol motifs (C(OH)–C–C–N with tert-alkyl or cyclic N) is 1. The molecule has 5 heteroatoms. The van der Waals surface area contributed by atoms with Gasteiger partial charge in [0.2, 0.25) is 0 Å². The SMILES string of the molecule is Cc1ccc(-c2cc(C(=O)O)cc(C(=O)N3CCC(O)C3)c2)cc1. The van der Waals surface area contributed by atoms with Gasteiger partial charge in [-0.1, -0.05) is 29.8 Å². The first-order valence-electron chi connectivity index (χ1n) is 7.87. The molecule has 1 aliphatic heterocycles. The van der Waals surface area contributed by atoms with Crippen molar-refractivity contribution in [3.05, 3.63) is 59.2 Å². The fourth-order valence-electron chi connectivity index (χ4n) is 2.90. The number of carboxylic acids is 1. The first-order valence-corrected chi connectivity index (χ1v) is 7.87. The van der Waals surface area contributed by atoms with Crippen molar-refractivity contribution in [3.8, 4) is 11.1 Å². The monoisotopic (exact) mass is 325 g/mol. The third-order valence-electron chi connectivity index (χ3n) is 4.26. The summed E-state index contributed by atoms with van der Waals surface area (Å²) in [4.78, 5) is 25.6. The largest absolute Gasteiger partial charge is 0.478 e. The number of benzene rings is 2. The Morgan fingerprint density at radius 3 is 2.29 bits per heavy atom. The molecule has 0 bridgehead atoms.